The van der Waals surface area contributed by atoms with Gasteiger partial charge < -0.3 is 15.4 Å². The number of rotatable bonds is 4. The van der Waals surface area contributed by atoms with Crippen LogP contribution in [0.4, 0.5) is 5.69 Å². The van der Waals surface area contributed by atoms with Crippen molar-refractivity contribution in [2.24, 2.45) is 0 Å². The Morgan fingerprint density at radius 1 is 1.40 bits per heavy atom. The molecule has 5 heteroatoms. The van der Waals surface area contributed by atoms with Gasteiger partial charge in [0.25, 0.3) is 0 Å². The van der Waals surface area contributed by atoms with Crippen molar-refractivity contribution in [3.8, 4) is 5.75 Å². The highest BCUT2D eigenvalue weighted by molar-refractivity contribution is 7.10. The van der Waals surface area contributed by atoms with E-state index in [2.05, 4.69) is 16.7 Å². The van der Waals surface area contributed by atoms with E-state index in [9.17, 15) is 4.79 Å². The molecule has 2 N–H and O–H groups in total. The van der Waals surface area contributed by atoms with Crippen LogP contribution in [0.2, 0.25) is 0 Å². The molecule has 1 aliphatic rings. The Balaban J connectivity index is 1.66. The number of benzene rings is 1. The predicted molar refractivity (Wildman–Crippen MR) is 80.1 cm³/mol. The number of ether oxygens (including phenoxy) is 1. The van der Waals surface area contributed by atoms with Crippen molar-refractivity contribution in [3.05, 3.63) is 46.2 Å². The molecular formula is C15H16N2O2S. The van der Waals surface area contributed by atoms with E-state index in [1.807, 2.05) is 29.6 Å². The van der Waals surface area contributed by atoms with Gasteiger partial charge in [-0.2, -0.15) is 0 Å². The predicted octanol–water partition coefficient (Wildman–Crippen LogP) is 2.93. The lowest BCUT2D eigenvalue weighted by Gasteiger charge is -2.12. The molecule has 0 radical (unpaired) electrons. The molecule has 0 saturated heterocycles. The first kappa shape index (κ1) is 13.1. The standard InChI is InChI=1S/C15H16N2O2S/c1-10(18)17-12-6-7-20-15(12)8-16-13-9-19-14-5-3-2-4-11(13)14/h2-7,13,16H,8-9H2,1H3,(H,17,18). The molecule has 0 aliphatic carbocycles. The molecule has 3 rings (SSSR count). The summed E-state index contributed by atoms with van der Waals surface area (Å²) < 4.78 is 5.65. The molecular weight excluding hydrogens is 272 g/mol. The maximum Gasteiger partial charge on any atom is 0.221 e. The van der Waals surface area contributed by atoms with Crippen LogP contribution in [0.5, 0.6) is 5.75 Å². The second-order valence-electron chi connectivity index (χ2n) is 4.72. The Kier molecular flexibility index (Phi) is 3.71. The number of hydrogen-bond donors (Lipinski definition) is 2. The first-order chi connectivity index (χ1) is 9.74. The fourth-order valence-corrected chi connectivity index (χ4v) is 3.11. The monoisotopic (exact) mass is 288 g/mol. The van der Waals surface area contributed by atoms with E-state index in [4.69, 9.17) is 4.74 Å². The topological polar surface area (TPSA) is 50.4 Å². The molecule has 104 valence electrons. The summed E-state index contributed by atoms with van der Waals surface area (Å²) in [6.45, 7) is 2.89. The first-order valence-corrected chi connectivity index (χ1v) is 7.41. The Morgan fingerprint density at radius 3 is 3.10 bits per heavy atom. The number of amides is 1. The number of anilines is 1. The van der Waals surface area contributed by atoms with Crippen molar-refractivity contribution in [3.63, 3.8) is 0 Å². The van der Waals surface area contributed by atoms with Crippen molar-refractivity contribution in [2.45, 2.75) is 19.5 Å². The minimum Gasteiger partial charge on any atom is -0.491 e. The fraction of sp³-hybridized carbons (Fsp3) is 0.267. The molecule has 1 aromatic heterocycles. The van der Waals surface area contributed by atoms with Crippen molar-refractivity contribution in [1.29, 1.82) is 0 Å². The summed E-state index contributed by atoms with van der Waals surface area (Å²) in [5, 5.41) is 8.32. The van der Waals surface area contributed by atoms with Gasteiger partial charge in [-0.1, -0.05) is 18.2 Å². The lowest BCUT2D eigenvalue weighted by molar-refractivity contribution is -0.114. The highest BCUT2D eigenvalue weighted by atomic mass is 32.1. The molecule has 1 aliphatic heterocycles. The third-order valence-corrected chi connectivity index (χ3v) is 4.19. The van der Waals surface area contributed by atoms with Gasteiger partial charge in [0.2, 0.25) is 5.91 Å². The van der Waals surface area contributed by atoms with E-state index in [1.165, 1.54) is 12.5 Å². The Hall–Kier alpha value is -1.85. The first-order valence-electron chi connectivity index (χ1n) is 6.53. The summed E-state index contributed by atoms with van der Waals surface area (Å²) in [4.78, 5) is 12.3. The maximum atomic E-state index is 11.1. The summed E-state index contributed by atoms with van der Waals surface area (Å²) in [6, 6.07) is 10.2. The summed E-state index contributed by atoms with van der Waals surface area (Å²) in [7, 11) is 0. The molecule has 1 aromatic carbocycles. The van der Waals surface area contributed by atoms with E-state index >= 15 is 0 Å². The molecule has 20 heavy (non-hydrogen) atoms. The van der Waals surface area contributed by atoms with Crippen molar-refractivity contribution in [1.82, 2.24) is 5.32 Å². The largest absolute Gasteiger partial charge is 0.491 e. The Labute approximate surface area is 121 Å². The number of nitrogens with one attached hydrogen (secondary N) is 2. The Morgan fingerprint density at radius 2 is 2.25 bits per heavy atom. The van der Waals surface area contributed by atoms with E-state index in [1.54, 1.807) is 11.3 Å². The highest BCUT2D eigenvalue weighted by Crippen LogP contribution is 2.32. The quantitative estimate of drug-likeness (QED) is 0.909. The normalized spacial score (nSPS) is 16.6. The zero-order valence-electron chi connectivity index (χ0n) is 11.2. The average molecular weight is 288 g/mol. The van der Waals surface area contributed by atoms with Gasteiger partial charge in [-0.3, -0.25) is 4.79 Å². The van der Waals surface area contributed by atoms with E-state index in [-0.39, 0.29) is 11.9 Å². The van der Waals surface area contributed by atoms with Crippen LogP contribution in [0.15, 0.2) is 35.7 Å². The van der Waals surface area contributed by atoms with Crippen molar-refractivity contribution < 1.29 is 9.53 Å². The molecule has 4 nitrogen and oxygen atoms in total. The number of para-hydroxylation sites is 1. The lowest BCUT2D eigenvalue weighted by Crippen LogP contribution is -2.22. The fourth-order valence-electron chi connectivity index (χ4n) is 2.33. The van der Waals surface area contributed by atoms with Gasteiger partial charge in [-0.05, 0) is 17.5 Å². The van der Waals surface area contributed by atoms with Gasteiger partial charge in [0.05, 0.1) is 11.7 Å². The smallest absolute Gasteiger partial charge is 0.221 e. The summed E-state index contributed by atoms with van der Waals surface area (Å²) in [5.74, 6) is 0.914. The number of thiophene rings is 1. The minimum atomic E-state index is -0.0424. The summed E-state index contributed by atoms with van der Waals surface area (Å²) in [6.07, 6.45) is 0. The van der Waals surface area contributed by atoms with Crippen LogP contribution >= 0.6 is 11.3 Å². The molecule has 2 heterocycles. The van der Waals surface area contributed by atoms with Crippen LogP contribution in [0.3, 0.4) is 0 Å². The third-order valence-electron chi connectivity index (χ3n) is 3.27. The van der Waals surface area contributed by atoms with Gasteiger partial charge >= 0.3 is 0 Å². The Bertz CT molecular complexity index is 624. The van der Waals surface area contributed by atoms with Crippen LogP contribution in [0.1, 0.15) is 23.4 Å². The number of hydrogen-bond acceptors (Lipinski definition) is 4. The molecule has 2 aromatic rings. The molecule has 0 bridgehead atoms. The summed E-state index contributed by atoms with van der Waals surface area (Å²) >= 11 is 1.64. The zero-order valence-corrected chi connectivity index (χ0v) is 12.0. The summed E-state index contributed by atoms with van der Waals surface area (Å²) in [5.41, 5.74) is 2.09. The number of fused-ring (bicyclic) bond motifs is 1. The van der Waals surface area contributed by atoms with Crippen molar-refractivity contribution >= 4 is 22.9 Å². The van der Waals surface area contributed by atoms with Gasteiger partial charge in [0.15, 0.2) is 0 Å². The zero-order chi connectivity index (χ0) is 13.9. The molecule has 1 atom stereocenters. The molecule has 1 unspecified atom stereocenters. The molecule has 0 saturated carbocycles. The lowest BCUT2D eigenvalue weighted by atomic mass is 10.1. The van der Waals surface area contributed by atoms with Gasteiger partial charge in [0.1, 0.15) is 12.4 Å². The van der Waals surface area contributed by atoms with Gasteiger partial charge in [-0.15, -0.1) is 11.3 Å². The third kappa shape index (κ3) is 2.69. The van der Waals surface area contributed by atoms with Gasteiger partial charge in [-0.25, -0.2) is 0 Å². The minimum absolute atomic E-state index is 0.0424. The van der Waals surface area contributed by atoms with Crippen LogP contribution in [-0.2, 0) is 11.3 Å². The van der Waals surface area contributed by atoms with E-state index in [0.717, 1.165) is 22.9 Å². The number of carbonyl (C=O) groups excluding carboxylic acids is 1. The van der Waals surface area contributed by atoms with Crippen molar-refractivity contribution in [2.75, 3.05) is 11.9 Å². The van der Waals surface area contributed by atoms with Gasteiger partial charge in [0, 0.05) is 23.9 Å². The second-order valence-corrected chi connectivity index (χ2v) is 5.72. The maximum absolute atomic E-state index is 11.1. The second kappa shape index (κ2) is 5.64. The van der Waals surface area contributed by atoms with Crippen LogP contribution < -0.4 is 15.4 Å². The van der Waals surface area contributed by atoms with E-state index < -0.39 is 0 Å². The SMILES string of the molecule is CC(=O)Nc1ccsc1CNC1COc2ccccc21. The molecule has 0 spiro atoms. The molecule has 1 amide bonds. The molecule has 0 fully saturated rings. The highest BCUT2D eigenvalue weighted by Gasteiger charge is 2.23. The van der Waals surface area contributed by atoms with Crippen LogP contribution in [0.25, 0.3) is 0 Å². The van der Waals surface area contributed by atoms with E-state index in [0.29, 0.717) is 6.61 Å². The van der Waals surface area contributed by atoms with Crippen LogP contribution in [0, 0.1) is 0 Å². The van der Waals surface area contributed by atoms with Crippen LogP contribution in [-0.4, -0.2) is 12.5 Å². The average Bonchev–Trinajstić information content (AvgIpc) is 3.02. The number of carbonyl (C=O) groups is 1.